The summed E-state index contributed by atoms with van der Waals surface area (Å²) in [6, 6.07) is 4.53. The van der Waals surface area contributed by atoms with Crippen LogP contribution in [-0.4, -0.2) is 52.6 Å². The third-order valence-corrected chi connectivity index (χ3v) is 6.14. The first-order valence-electron chi connectivity index (χ1n) is 10.7. The minimum absolute atomic E-state index is 0.0838. The summed E-state index contributed by atoms with van der Waals surface area (Å²) >= 11 is 0. The van der Waals surface area contributed by atoms with Gasteiger partial charge in [-0.05, 0) is 63.4 Å². The first kappa shape index (κ1) is 19.5. The van der Waals surface area contributed by atoms with E-state index in [0.29, 0.717) is 23.4 Å². The maximum Gasteiger partial charge on any atom is 0.261 e. The molecule has 1 aromatic carbocycles. The molecule has 0 spiro atoms. The predicted molar refractivity (Wildman–Crippen MR) is 110 cm³/mol. The summed E-state index contributed by atoms with van der Waals surface area (Å²) in [5.74, 6) is 1.06. The van der Waals surface area contributed by atoms with E-state index in [1.807, 2.05) is 4.57 Å². The van der Waals surface area contributed by atoms with E-state index >= 15 is 0 Å². The molecule has 2 fully saturated rings. The Labute approximate surface area is 166 Å². The Hall–Kier alpha value is -1.79. The zero-order chi connectivity index (χ0) is 19.7. The molecule has 1 saturated heterocycles. The standard InChI is InChI=1S/C22H31FN4O/c1-3-5-20(26-11-4-10-25(2)12-13-26)21-24-19-9-8-17(23)14-18(19)22(28)27(21)15-16-6-7-16/h8-9,14,16,20H,3-7,10-13,15H2,1-2H3. The summed E-state index contributed by atoms with van der Waals surface area (Å²) in [4.78, 5) is 23.1. The Morgan fingerprint density at radius 1 is 1.21 bits per heavy atom. The highest BCUT2D eigenvalue weighted by atomic mass is 19.1. The number of rotatable bonds is 6. The Morgan fingerprint density at radius 2 is 2.04 bits per heavy atom. The summed E-state index contributed by atoms with van der Waals surface area (Å²) in [6.45, 7) is 7.05. The molecule has 6 heteroatoms. The van der Waals surface area contributed by atoms with Crippen molar-refractivity contribution in [3.8, 4) is 0 Å². The van der Waals surface area contributed by atoms with Crippen molar-refractivity contribution in [1.82, 2.24) is 19.4 Å². The van der Waals surface area contributed by atoms with Gasteiger partial charge in [-0.25, -0.2) is 9.37 Å². The molecule has 152 valence electrons. The predicted octanol–water partition coefficient (Wildman–Crippen LogP) is 3.42. The number of likely N-dealkylation sites (N-methyl/N-ethyl adjacent to an activating group) is 1. The molecule has 0 N–H and O–H groups in total. The van der Waals surface area contributed by atoms with E-state index in [1.54, 1.807) is 6.07 Å². The molecule has 4 rings (SSSR count). The van der Waals surface area contributed by atoms with Crippen molar-refractivity contribution in [2.75, 3.05) is 33.2 Å². The molecule has 2 aliphatic rings. The van der Waals surface area contributed by atoms with Gasteiger partial charge in [0.1, 0.15) is 11.6 Å². The topological polar surface area (TPSA) is 41.4 Å². The van der Waals surface area contributed by atoms with E-state index in [2.05, 4.69) is 23.8 Å². The monoisotopic (exact) mass is 386 g/mol. The number of nitrogens with zero attached hydrogens (tertiary/aromatic N) is 4. The molecular weight excluding hydrogens is 355 g/mol. The number of hydrogen-bond acceptors (Lipinski definition) is 4. The maximum atomic E-state index is 13.8. The lowest BCUT2D eigenvalue weighted by Crippen LogP contribution is -2.37. The van der Waals surface area contributed by atoms with Crippen LogP contribution >= 0.6 is 0 Å². The van der Waals surface area contributed by atoms with Crippen molar-refractivity contribution in [2.24, 2.45) is 5.92 Å². The molecule has 0 amide bonds. The van der Waals surface area contributed by atoms with Gasteiger partial charge in [-0.15, -0.1) is 0 Å². The second kappa shape index (κ2) is 8.29. The molecular formula is C22H31FN4O. The van der Waals surface area contributed by atoms with Crippen molar-refractivity contribution in [3.63, 3.8) is 0 Å². The number of benzene rings is 1. The van der Waals surface area contributed by atoms with Gasteiger partial charge in [-0.3, -0.25) is 14.3 Å². The molecule has 28 heavy (non-hydrogen) atoms. The lowest BCUT2D eigenvalue weighted by Gasteiger charge is -2.32. The van der Waals surface area contributed by atoms with Crippen LogP contribution in [0.3, 0.4) is 0 Å². The quantitative estimate of drug-likeness (QED) is 0.763. The van der Waals surface area contributed by atoms with Crippen molar-refractivity contribution >= 4 is 10.9 Å². The fourth-order valence-corrected chi connectivity index (χ4v) is 4.33. The van der Waals surface area contributed by atoms with E-state index in [1.165, 1.54) is 25.0 Å². The van der Waals surface area contributed by atoms with Crippen LogP contribution < -0.4 is 5.56 Å². The van der Waals surface area contributed by atoms with E-state index in [4.69, 9.17) is 4.98 Å². The zero-order valence-electron chi connectivity index (χ0n) is 17.0. The Balaban J connectivity index is 1.80. The number of halogens is 1. The number of fused-ring (bicyclic) bond motifs is 1. The molecule has 1 aliphatic heterocycles. The Kier molecular flexibility index (Phi) is 5.78. The Bertz CT molecular complexity index is 892. The lowest BCUT2D eigenvalue weighted by molar-refractivity contribution is 0.179. The minimum Gasteiger partial charge on any atom is -0.305 e. The number of hydrogen-bond donors (Lipinski definition) is 0. The van der Waals surface area contributed by atoms with Crippen molar-refractivity contribution in [3.05, 3.63) is 40.2 Å². The van der Waals surface area contributed by atoms with Crippen LogP contribution in [0.4, 0.5) is 4.39 Å². The molecule has 2 aromatic rings. The first-order valence-corrected chi connectivity index (χ1v) is 10.7. The molecule has 1 atom stereocenters. The summed E-state index contributed by atoms with van der Waals surface area (Å²) in [7, 11) is 2.17. The van der Waals surface area contributed by atoms with Gasteiger partial charge in [0.05, 0.1) is 16.9 Å². The van der Waals surface area contributed by atoms with Crippen molar-refractivity contribution < 1.29 is 4.39 Å². The van der Waals surface area contributed by atoms with Crippen molar-refractivity contribution in [1.29, 1.82) is 0 Å². The SMILES string of the molecule is CCCC(c1nc2ccc(F)cc2c(=O)n1CC1CC1)N1CCCN(C)CC1. The van der Waals surface area contributed by atoms with Crippen LogP contribution in [0.25, 0.3) is 10.9 Å². The lowest BCUT2D eigenvalue weighted by atomic mass is 10.1. The van der Waals surface area contributed by atoms with Crippen LogP contribution in [0.2, 0.25) is 0 Å². The fourth-order valence-electron chi connectivity index (χ4n) is 4.33. The van der Waals surface area contributed by atoms with Gasteiger partial charge in [0.2, 0.25) is 0 Å². The summed E-state index contributed by atoms with van der Waals surface area (Å²) < 4.78 is 15.7. The van der Waals surface area contributed by atoms with Crippen LogP contribution in [0.15, 0.2) is 23.0 Å². The average Bonchev–Trinajstić information content (AvgIpc) is 3.51. The fraction of sp³-hybridized carbons (Fsp3) is 0.636. The third-order valence-electron chi connectivity index (χ3n) is 6.14. The molecule has 1 aromatic heterocycles. The second-order valence-electron chi connectivity index (χ2n) is 8.49. The van der Waals surface area contributed by atoms with Gasteiger partial charge in [0.15, 0.2) is 0 Å². The van der Waals surface area contributed by atoms with Gasteiger partial charge in [0.25, 0.3) is 5.56 Å². The largest absolute Gasteiger partial charge is 0.305 e. The second-order valence-corrected chi connectivity index (χ2v) is 8.49. The van der Waals surface area contributed by atoms with Gasteiger partial charge < -0.3 is 4.90 Å². The normalized spacial score (nSPS) is 20.4. The Morgan fingerprint density at radius 3 is 2.79 bits per heavy atom. The van der Waals surface area contributed by atoms with Crippen LogP contribution in [0.5, 0.6) is 0 Å². The molecule has 0 bridgehead atoms. The summed E-state index contributed by atoms with van der Waals surface area (Å²) in [5, 5.41) is 0.398. The molecule has 0 radical (unpaired) electrons. The molecule has 1 unspecified atom stereocenters. The van der Waals surface area contributed by atoms with Crippen LogP contribution in [-0.2, 0) is 6.54 Å². The average molecular weight is 387 g/mol. The summed E-state index contributed by atoms with van der Waals surface area (Å²) in [6.07, 6.45) is 5.48. The van der Waals surface area contributed by atoms with Crippen LogP contribution in [0, 0.1) is 11.7 Å². The smallest absolute Gasteiger partial charge is 0.261 e. The summed E-state index contributed by atoms with van der Waals surface area (Å²) in [5.41, 5.74) is 0.529. The number of aromatic nitrogens is 2. The molecule has 2 heterocycles. The van der Waals surface area contributed by atoms with Gasteiger partial charge >= 0.3 is 0 Å². The minimum atomic E-state index is -0.377. The molecule has 1 saturated carbocycles. The van der Waals surface area contributed by atoms with Gasteiger partial charge in [0, 0.05) is 26.2 Å². The van der Waals surface area contributed by atoms with Crippen molar-refractivity contribution in [2.45, 2.75) is 51.6 Å². The highest BCUT2D eigenvalue weighted by Gasteiger charge is 2.30. The maximum absolute atomic E-state index is 13.8. The highest BCUT2D eigenvalue weighted by Crippen LogP contribution is 2.33. The van der Waals surface area contributed by atoms with E-state index in [0.717, 1.165) is 51.3 Å². The van der Waals surface area contributed by atoms with E-state index in [9.17, 15) is 9.18 Å². The molecule has 1 aliphatic carbocycles. The van der Waals surface area contributed by atoms with Gasteiger partial charge in [-0.1, -0.05) is 13.3 Å². The zero-order valence-corrected chi connectivity index (χ0v) is 17.0. The molecule has 5 nitrogen and oxygen atoms in total. The first-order chi connectivity index (χ1) is 13.6. The highest BCUT2D eigenvalue weighted by molar-refractivity contribution is 5.77. The van der Waals surface area contributed by atoms with Crippen LogP contribution in [0.1, 0.15) is 50.9 Å². The van der Waals surface area contributed by atoms with E-state index in [-0.39, 0.29) is 17.4 Å². The van der Waals surface area contributed by atoms with E-state index < -0.39 is 0 Å². The third kappa shape index (κ3) is 4.13. The van der Waals surface area contributed by atoms with Gasteiger partial charge in [-0.2, -0.15) is 0 Å².